The first-order valence-corrected chi connectivity index (χ1v) is 28.5. The second-order valence-corrected chi connectivity index (χ2v) is 21.0. The molecule has 8 nitrogen and oxygen atoms in total. The van der Waals surface area contributed by atoms with E-state index in [1.807, 2.05) is 21.1 Å². The Morgan fingerprint density at radius 3 is 1.21 bits per heavy atom. The standard InChI is InChI=1S/C54H106NO7P/c1-6-8-10-12-14-16-18-20-22-24-26-27-28-30-32-34-36-38-40-42-44-46-49-59-51-53(52-61-63(57,58)60-50-48-55(3,4)5)62-54(56)47-45-43-41-39-37-35-33-31-29-25-23-21-19-17-15-13-11-9-7-2/h21,23-24,26,53H,6-20,22,25,27-52H2,1-5H3/b23-21-,26-24-. The number of quaternary nitrogens is 1. The number of allylic oxidation sites excluding steroid dienone is 4. The quantitative estimate of drug-likeness (QED) is 0.0197. The number of esters is 1. The molecule has 374 valence electrons. The second-order valence-electron chi connectivity index (χ2n) is 19.6. The lowest BCUT2D eigenvalue weighted by Crippen LogP contribution is -2.37. The summed E-state index contributed by atoms with van der Waals surface area (Å²) in [6, 6.07) is 0. The Morgan fingerprint density at radius 2 is 0.825 bits per heavy atom. The van der Waals surface area contributed by atoms with Crippen molar-refractivity contribution in [3.8, 4) is 0 Å². The minimum absolute atomic E-state index is 0.0273. The molecule has 0 aliphatic heterocycles. The molecule has 0 aromatic rings. The lowest BCUT2D eigenvalue weighted by Gasteiger charge is -2.28. The van der Waals surface area contributed by atoms with Gasteiger partial charge in [-0.2, -0.15) is 0 Å². The Morgan fingerprint density at radius 1 is 0.476 bits per heavy atom. The molecule has 0 radical (unpaired) electrons. The average molecular weight is 912 g/mol. The Balaban J connectivity index is 4.09. The van der Waals surface area contributed by atoms with Crippen molar-refractivity contribution in [2.24, 2.45) is 0 Å². The van der Waals surface area contributed by atoms with Crippen LogP contribution in [0.2, 0.25) is 0 Å². The van der Waals surface area contributed by atoms with Gasteiger partial charge in [0.05, 0.1) is 34.4 Å². The van der Waals surface area contributed by atoms with Gasteiger partial charge in [0.25, 0.3) is 7.82 Å². The highest BCUT2D eigenvalue weighted by Gasteiger charge is 2.20. The van der Waals surface area contributed by atoms with Gasteiger partial charge in [0.1, 0.15) is 19.3 Å². The predicted octanol–water partition coefficient (Wildman–Crippen LogP) is 16.1. The summed E-state index contributed by atoms with van der Waals surface area (Å²) in [6.45, 7) is 5.45. The lowest BCUT2D eigenvalue weighted by molar-refractivity contribution is -0.870. The SMILES string of the molecule is CCCCCCCC/C=C\CCCCCCCCCCCC(=O)OC(COCCCCCCCCCCCC/C=C\CCCCCCCCCC)COP(=O)([O-])OCC[N+](C)(C)C. The molecular formula is C54H106NO7P. The number of carbonyl (C=O) groups is 1. The molecule has 0 N–H and O–H groups in total. The van der Waals surface area contributed by atoms with Crippen molar-refractivity contribution >= 4 is 13.8 Å². The molecule has 0 spiro atoms. The van der Waals surface area contributed by atoms with E-state index in [-0.39, 0.29) is 25.8 Å². The Labute approximate surface area is 392 Å². The van der Waals surface area contributed by atoms with Crippen LogP contribution in [0, 0.1) is 0 Å². The molecule has 2 unspecified atom stereocenters. The number of rotatable bonds is 51. The van der Waals surface area contributed by atoms with Crippen LogP contribution < -0.4 is 4.89 Å². The molecule has 9 heteroatoms. The van der Waals surface area contributed by atoms with Gasteiger partial charge in [-0.15, -0.1) is 0 Å². The van der Waals surface area contributed by atoms with Gasteiger partial charge in [-0.3, -0.25) is 9.36 Å². The Bertz CT molecular complexity index is 1060. The van der Waals surface area contributed by atoms with E-state index < -0.39 is 13.9 Å². The average Bonchev–Trinajstić information content (AvgIpc) is 3.24. The van der Waals surface area contributed by atoms with Crippen LogP contribution in [0.15, 0.2) is 24.3 Å². The molecule has 0 aliphatic rings. The monoisotopic (exact) mass is 912 g/mol. The van der Waals surface area contributed by atoms with Crippen LogP contribution in [0.3, 0.4) is 0 Å². The maximum atomic E-state index is 12.8. The topological polar surface area (TPSA) is 94.1 Å². The summed E-state index contributed by atoms with van der Waals surface area (Å²) in [7, 11) is 1.37. The number of ether oxygens (including phenoxy) is 2. The van der Waals surface area contributed by atoms with Crippen LogP contribution in [0.5, 0.6) is 0 Å². The van der Waals surface area contributed by atoms with E-state index in [1.54, 1.807) is 0 Å². The second kappa shape index (κ2) is 47.5. The van der Waals surface area contributed by atoms with Crippen LogP contribution in [0.4, 0.5) is 0 Å². The van der Waals surface area contributed by atoms with Crippen LogP contribution in [-0.2, 0) is 27.9 Å². The molecular weight excluding hydrogens is 806 g/mol. The fourth-order valence-corrected chi connectivity index (χ4v) is 8.50. The molecule has 0 aliphatic carbocycles. The van der Waals surface area contributed by atoms with Gasteiger partial charge in [-0.05, 0) is 64.2 Å². The van der Waals surface area contributed by atoms with Crippen molar-refractivity contribution < 1.29 is 37.3 Å². The van der Waals surface area contributed by atoms with Crippen molar-refractivity contribution in [1.82, 2.24) is 0 Å². The van der Waals surface area contributed by atoms with Crippen LogP contribution >= 0.6 is 7.82 Å². The zero-order chi connectivity index (χ0) is 46.2. The minimum atomic E-state index is -4.53. The molecule has 0 fully saturated rings. The van der Waals surface area contributed by atoms with Crippen LogP contribution in [0.25, 0.3) is 0 Å². The van der Waals surface area contributed by atoms with Crippen molar-refractivity contribution in [2.75, 3.05) is 54.1 Å². The molecule has 0 bridgehead atoms. The summed E-state index contributed by atoms with van der Waals surface area (Å²) in [5.41, 5.74) is 0. The van der Waals surface area contributed by atoms with Crippen LogP contribution in [0.1, 0.15) is 258 Å². The summed E-state index contributed by atoms with van der Waals surface area (Å²) in [5.74, 6) is -0.332. The maximum absolute atomic E-state index is 12.8. The number of hydrogen-bond donors (Lipinski definition) is 0. The number of nitrogens with zero attached hydrogens (tertiary/aromatic N) is 1. The van der Waals surface area contributed by atoms with Gasteiger partial charge in [-0.25, -0.2) is 0 Å². The molecule has 2 atom stereocenters. The number of carbonyl (C=O) groups excluding carboxylic acids is 1. The van der Waals surface area contributed by atoms with E-state index in [1.165, 1.54) is 205 Å². The largest absolute Gasteiger partial charge is 0.756 e. The first-order chi connectivity index (χ1) is 30.6. The van der Waals surface area contributed by atoms with Gasteiger partial charge in [0.2, 0.25) is 0 Å². The number of phosphoric acid groups is 1. The van der Waals surface area contributed by atoms with Crippen molar-refractivity contribution in [2.45, 2.75) is 264 Å². The van der Waals surface area contributed by atoms with E-state index in [0.29, 0.717) is 24.1 Å². The van der Waals surface area contributed by atoms with Gasteiger partial charge in [0, 0.05) is 13.0 Å². The zero-order valence-electron chi connectivity index (χ0n) is 42.5. The summed E-state index contributed by atoms with van der Waals surface area (Å²) < 4.78 is 34.8. The predicted molar refractivity (Wildman–Crippen MR) is 268 cm³/mol. The lowest BCUT2D eigenvalue weighted by atomic mass is 10.1. The minimum Gasteiger partial charge on any atom is -0.756 e. The zero-order valence-corrected chi connectivity index (χ0v) is 43.4. The Hall–Kier alpha value is -1.02. The molecule has 0 aromatic carbocycles. The van der Waals surface area contributed by atoms with Crippen molar-refractivity contribution in [3.63, 3.8) is 0 Å². The molecule has 0 rings (SSSR count). The summed E-state index contributed by atoms with van der Waals surface area (Å²) in [5, 5.41) is 0. The van der Waals surface area contributed by atoms with Gasteiger partial charge in [-0.1, -0.05) is 212 Å². The normalized spacial score (nSPS) is 13.7. The molecule has 63 heavy (non-hydrogen) atoms. The molecule has 0 aromatic heterocycles. The summed E-state index contributed by atoms with van der Waals surface area (Å²) >= 11 is 0. The third-order valence-electron chi connectivity index (χ3n) is 12.0. The first-order valence-electron chi connectivity index (χ1n) is 27.1. The van der Waals surface area contributed by atoms with Crippen molar-refractivity contribution in [1.29, 1.82) is 0 Å². The molecule has 0 heterocycles. The van der Waals surface area contributed by atoms with E-state index in [4.69, 9.17) is 18.5 Å². The molecule has 0 saturated carbocycles. The molecule has 0 amide bonds. The van der Waals surface area contributed by atoms with Crippen LogP contribution in [-0.4, -0.2) is 70.7 Å². The summed E-state index contributed by atoms with van der Waals surface area (Å²) in [4.78, 5) is 25.2. The third kappa shape index (κ3) is 51.8. The fraction of sp³-hybridized carbons (Fsp3) is 0.907. The first kappa shape index (κ1) is 62.0. The van der Waals surface area contributed by atoms with Gasteiger partial charge < -0.3 is 27.9 Å². The number of hydrogen-bond acceptors (Lipinski definition) is 7. The van der Waals surface area contributed by atoms with E-state index in [9.17, 15) is 14.3 Å². The highest BCUT2D eigenvalue weighted by Crippen LogP contribution is 2.38. The number of unbranched alkanes of at least 4 members (excludes halogenated alkanes) is 33. The third-order valence-corrected chi connectivity index (χ3v) is 12.9. The van der Waals surface area contributed by atoms with Crippen molar-refractivity contribution in [3.05, 3.63) is 24.3 Å². The highest BCUT2D eigenvalue weighted by atomic mass is 31.2. The van der Waals surface area contributed by atoms with E-state index >= 15 is 0 Å². The van der Waals surface area contributed by atoms with E-state index in [0.717, 1.165) is 32.1 Å². The maximum Gasteiger partial charge on any atom is 0.306 e. The smallest absolute Gasteiger partial charge is 0.306 e. The van der Waals surface area contributed by atoms with Gasteiger partial charge >= 0.3 is 5.97 Å². The number of likely N-dealkylation sites (N-methyl/N-ethyl adjacent to an activating group) is 1. The van der Waals surface area contributed by atoms with Gasteiger partial charge in [0.15, 0.2) is 0 Å². The molecule has 0 saturated heterocycles. The number of phosphoric ester groups is 1. The highest BCUT2D eigenvalue weighted by molar-refractivity contribution is 7.45. The summed E-state index contributed by atoms with van der Waals surface area (Å²) in [6.07, 6.45) is 56.3. The fourth-order valence-electron chi connectivity index (χ4n) is 7.77. The Kier molecular flexibility index (Phi) is 46.7. The van der Waals surface area contributed by atoms with E-state index in [2.05, 4.69) is 38.2 Å².